The number of carbonyl (C=O) groups is 2. The van der Waals surface area contributed by atoms with Crippen LogP contribution < -0.4 is 5.32 Å². The van der Waals surface area contributed by atoms with Gasteiger partial charge < -0.3 is 15.3 Å². The van der Waals surface area contributed by atoms with Gasteiger partial charge in [0, 0.05) is 16.7 Å². The summed E-state index contributed by atoms with van der Waals surface area (Å²) in [5.41, 5.74) is -0.999. The highest BCUT2D eigenvalue weighted by Gasteiger charge is 2.33. The second-order valence-corrected chi connectivity index (χ2v) is 4.88. The van der Waals surface area contributed by atoms with Gasteiger partial charge in [0.25, 0.3) is 0 Å². The highest BCUT2D eigenvalue weighted by atomic mass is 79.9. The molecule has 0 bridgehead atoms. The number of halogens is 4. The molecular weight excluding hydrogens is 357 g/mol. The van der Waals surface area contributed by atoms with Crippen LogP contribution in [0.2, 0.25) is 0 Å². The van der Waals surface area contributed by atoms with Crippen molar-refractivity contribution in [2.75, 3.05) is 18.4 Å². The minimum Gasteiger partial charge on any atom is -0.480 e. The molecule has 116 valence electrons. The van der Waals surface area contributed by atoms with Crippen molar-refractivity contribution in [2.24, 2.45) is 0 Å². The van der Waals surface area contributed by atoms with Crippen molar-refractivity contribution in [1.82, 2.24) is 4.90 Å². The molecule has 5 nitrogen and oxygen atoms in total. The zero-order chi connectivity index (χ0) is 16.2. The van der Waals surface area contributed by atoms with E-state index in [0.717, 1.165) is 17.0 Å². The number of hydrogen-bond acceptors (Lipinski definition) is 2. The Bertz CT molecular complexity index is 549. The molecule has 0 radical (unpaired) electrons. The molecule has 1 aromatic carbocycles. The largest absolute Gasteiger partial charge is 0.480 e. The van der Waals surface area contributed by atoms with Crippen LogP contribution in [0.15, 0.2) is 22.7 Å². The summed E-state index contributed by atoms with van der Waals surface area (Å²) in [6.07, 6.45) is -4.56. The summed E-state index contributed by atoms with van der Waals surface area (Å²) in [7, 11) is 0. The van der Waals surface area contributed by atoms with E-state index >= 15 is 0 Å². The van der Waals surface area contributed by atoms with Crippen LogP contribution >= 0.6 is 15.9 Å². The Kier molecular flexibility index (Phi) is 5.59. The number of benzene rings is 1. The maximum atomic E-state index is 12.7. The number of hydrogen-bond donors (Lipinski definition) is 2. The lowest BCUT2D eigenvalue weighted by Crippen LogP contribution is -2.38. The monoisotopic (exact) mass is 368 g/mol. The van der Waals surface area contributed by atoms with E-state index in [1.807, 2.05) is 0 Å². The van der Waals surface area contributed by atoms with E-state index < -0.39 is 30.3 Å². The number of alkyl halides is 3. The summed E-state index contributed by atoms with van der Waals surface area (Å²) in [6.45, 7) is 1.14. The Morgan fingerprint density at radius 1 is 1.38 bits per heavy atom. The Hall–Kier alpha value is -1.77. The molecule has 0 aliphatic rings. The summed E-state index contributed by atoms with van der Waals surface area (Å²) in [4.78, 5) is 23.3. The first-order valence-corrected chi connectivity index (χ1v) is 6.59. The van der Waals surface area contributed by atoms with Gasteiger partial charge in [0.05, 0.1) is 5.56 Å². The first-order valence-electron chi connectivity index (χ1n) is 5.79. The first-order chi connectivity index (χ1) is 9.65. The molecule has 1 aromatic rings. The Morgan fingerprint density at radius 2 is 2.00 bits per heavy atom. The number of urea groups is 1. The summed E-state index contributed by atoms with van der Waals surface area (Å²) in [6, 6.07) is 2.43. The average molecular weight is 369 g/mol. The minimum absolute atomic E-state index is 0.0700. The molecular formula is C12H12BrF3N2O3. The SMILES string of the molecule is CCN(CC(=O)O)C(=O)Nc1ccc(Br)c(C(F)(F)F)c1. The second kappa shape index (κ2) is 6.79. The fourth-order valence-corrected chi connectivity index (χ4v) is 1.98. The molecule has 2 amide bonds. The number of carboxylic acids is 1. The molecule has 0 atom stereocenters. The minimum atomic E-state index is -4.56. The number of aliphatic carboxylic acids is 1. The highest BCUT2D eigenvalue weighted by Crippen LogP contribution is 2.36. The maximum Gasteiger partial charge on any atom is 0.417 e. The molecule has 0 aromatic heterocycles. The van der Waals surface area contributed by atoms with Crippen LogP contribution in [0.3, 0.4) is 0 Å². The van der Waals surface area contributed by atoms with Crippen LogP contribution in [0.25, 0.3) is 0 Å². The topological polar surface area (TPSA) is 69.6 Å². The van der Waals surface area contributed by atoms with Gasteiger partial charge in [-0.05, 0) is 25.1 Å². The molecule has 2 N–H and O–H groups in total. The van der Waals surface area contributed by atoms with Gasteiger partial charge in [-0.15, -0.1) is 0 Å². The zero-order valence-electron chi connectivity index (χ0n) is 10.9. The van der Waals surface area contributed by atoms with Crippen molar-refractivity contribution in [2.45, 2.75) is 13.1 Å². The van der Waals surface area contributed by atoms with Crippen molar-refractivity contribution in [3.05, 3.63) is 28.2 Å². The van der Waals surface area contributed by atoms with Crippen LogP contribution in [-0.4, -0.2) is 35.1 Å². The number of nitrogens with zero attached hydrogens (tertiary/aromatic N) is 1. The van der Waals surface area contributed by atoms with Gasteiger partial charge in [-0.25, -0.2) is 4.79 Å². The van der Waals surface area contributed by atoms with Gasteiger partial charge in [0.2, 0.25) is 0 Å². The third-order valence-corrected chi connectivity index (χ3v) is 3.21. The maximum absolute atomic E-state index is 12.7. The highest BCUT2D eigenvalue weighted by molar-refractivity contribution is 9.10. The molecule has 0 saturated heterocycles. The van der Waals surface area contributed by atoms with Crippen LogP contribution in [0, 0.1) is 0 Å². The lowest BCUT2D eigenvalue weighted by atomic mass is 10.2. The van der Waals surface area contributed by atoms with Gasteiger partial charge >= 0.3 is 18.2 Å². The smallest absolute Gasteiger partial charge is 0.417 e. The number of carboxylic acid groups (broad SMARTS) is 1. The average Bonchev–Trinajstić information content (AvgIpc) is 2.36. The van der Waals surface area contributed by atoms with E-state index in [2.05, 4.69) is 21.2 Å². The van der Waals surface area contributed by atoms with Crippen molar-refractivity contribution in [3.8, 4) is 0 Å². The zero-order valence-corrected chi connectivity index (χ0v) is 12.5. The van der Waals surface area contributed by atoms with Gasteiger partial charge in [0.15, 0.2) is 0 Å². The van der Waals surface area contributed by atoms with E-state index in [1.165, 1.54) is 6.07 Å². The molecule has 21 heavy (non-hydrogen) atoms. The lowest BCUT2D eigenvalue weighted by molar-refractivity contribution is -0.138. The van der Waals surface area contributed by atoms with Crippen molar-refractivity contribution >= 4 is 33.6 Å². The molecule has 0 aliphatic heterocycles. The van der Waals surface area contributed by atoms with E-state index in [-0.39, 0.29) is 16.7 Å². The Labute approximate surface area is 126 Å². The summed E-state index contributed by atoms with van der Waals surface area (Å²) in [5, 5.41) is 10.9. The van der Waals surface area contributed by atoms with Crippen molar-refractivity contribution < 1.29 is 27.9 Å². The van der Waals surface area contributed by atoms with Crippen molar-refractivity contribution in [1.29, 1.82) is 0 Å². The van der Waals surface area contributed by atoms with E-state index in [4.69, 9.17) is 5.11 Å². The van der Waals surface area contributed by atoms with Gasteiger partial charge in [-0.2, -0.15) is 13.2 Å². The number of likely N-dealkylation sites (N-methyl/N-ethyl adjacent to an activating group) is 1. The normalized spacial score (nSPS) is 11.1. The molecule has 0 aliphatic carbocycles. The van der Waals surface area contributed by atoms with E-state index in [1.54, 1.807) is 6.92 Å². The summed E-state index contributed by atoms with van der Waals surface area (Å²) in [5.74, 6) is -1.21. The quantitative estimate of drug-likeness (QED) is 0.855. The van der Waals surface area contributed by atoms with Gasteiger partial charge in [-0.1, -0.05) is 15.9 Å². The number of amides is 2. The molecule has 0 fully saturated rings. The summed E-state index contributed by atoms with van der Waals surface area (Å²) >= 11 is 2.79. The predicted octanol–water partition coefficient (Wildman–Crippen LogP) is 3.41. The second-order valence-electron chi connectivity index (χ2n) is 4.03. The number of nitrogens with one attached hydrogen (secondary N) is 1. The fourth-order valence-electron chi connectivity index (χ4n) is 1.51. The number of carbonyl (C=O) groups excluding carboxylic acids is 1. The van der Waals surface area contributed by atoms with Crippen LogP contribution in [0.1, 0.15) is 12.5 Å². The van der Waals surface area contributed by atoms with Gasteiger partial charge in [0.1, 0.15) is 6.54 Å². The van der Waals surface area contributed by atoms with Gasteiger partial charge in [-0.3, -0.25) is 4.79 Å². The fraction of sp³-hybridized carbons (Fsp3) is 0.333. The Morgan fingerprint density at radius 3 is 2.48 bits per heavy atom. The molecule has 1 rings (SSSR count). The van der Waals surface area contributed by atoms with E-state index in [9.17, 15) is 22.8 Å². The molecule has 9 heteroatoms. The third-order valence-electron chi connectivity index (χ3n) is 2.52. The number of rotatable bonds is 4. The summed E-state index contributed by atoms with van der Waals surface area (Å²) < 4.78 is 38.0. The third kappa shape index (κ3) is 4.92. The molecule has 0 heterocycles. The molecule has 0 spiro atoms. The van der Waals surface area contributed by atoms with Crippen LogP contribution in [0.4, 0.5) is 23.7 Å². The van der Waals surface area contributed by atoms with Crippen LogP contribution in [0.5, 0.6) is 0 Å². The predicted molar refractivity (Wildman–Crippen MR) is 73.0 cm³/mol. The Balaban J connectivity index is 2.93. The van der Waals surface area contributed by atoms with Crippen molar-refractivity contribution in [3.63, 3.8) is 0 Å². The van der Waals surface area contributed by atoms with E-state index in [0.29, 0.717) is 0 Å². The number of anilines is 1. The standard InChI is InChI=1S/C12H12BrF3N2O3/c1-2-18(6-10(19)20)11(21)17-7-3-4-9(13)8(5-7)12(14,15)16/h3-5H,2,6H2,1H3,(H,17,21)(H,19,20). The first kappa shape index (κ1) is 17.3. The van der Waals surface area contributed by atoms with Crippen LogP contribution in [-0.2, 0) is 11.0 Å². The molecule has 0 saturated carbocycles. The lowest BCUT2D eigenvalue weighted by Gasteiger charge is -2.19. The molecule has 0 unspecified atom stereocenters.